The van der Waals surface area contributed by atoms with Gasteiger partial charge >= 0.3 is 5.69 Å². The van der Waals surface area contributed by atoms with E-state index in [1.807, 2.05) is 24.3 Å². The summed E-state index contributed by atoms with van der Waals surface area (Å²) in [5.74, 6) is 0. The molecule has 0 unspecified atom stereocenters. The van der Waals surface area contributed by atoms with Gasteiger partial charge in [0.15, 0.2) is 4.98 Å². The topological polar surface area (TPSA) is 31.4 Å². The van der Waals surface area contributed by atoms with Crippen molar-refractivity contribution < 1.29 is 31.9 Å². The van der Waals surface area contributed by atoms with E-state index in [-0.39, 0.29) is 31.9 Å². The molecule has 0 saturated carbocycles. The second-order valence-corrected chi connectivity index (χ2v) is 3.60. The quantitative estimate of drug-likeness (QED) is 0.595. The maximum absolute atomic E-state index is 8.59. The van der Waals surface area contributed by atoms with Gasteiger partial charge < -0.3 is 17.3 Å². The van der Waals surface area contributed by atoms with Gasteiger partial charge in [-0.1, -0.05) is 13.8 Å². The molecule has 1 aromatic carbocycles. The van der Waals surface area contributed by atoms with Gasteiger partial charge in [0.05, 0.1) is 0 Å². The summed E-state index contributed by atoms with van der Waals surface area (Å²) >= 11 is 0. The normalized spacial score (nSPS) is 8.53. The molecular formula is C12H18ClN3Zn. The molecule has 0 aliphatic carbocycles. The third-order valence-corrected chi connectivity index (χ3v) is 2.32. The number of anilines is 1. The Morgan fingerprint density at radius 2 is 1.53 bits per heavy atom. The number of hydrogen-bond donors (Lipinski definition) is 0. The van der Waals surface area contributed by atoms with Gasteiger partial charge in [0, 0.05) is 50.4 Å². The maximum Gasteiger partial charge on any atom is 0.385 e. The molecule has 1 aromatic rings. The molecule has 0 aliphatic heterocycles. The number of halogens is 1. The largest absolute Gasteiger partial charge is 1.00 e. The van der Waals surface area contributed by atoms with Crippen LogP contribution in [-0.2, 0) is 19.5 Å². The number of hydrogen-bond acceptors (Lipinski definition) is 2. The van der Waals surface area contributed by atoms with Crippen LogP contribution >= 0.6 is 0 Å². The van der Waals surface area contributed by atoms with Crippen LogP contribution in [0.1, 0.15) is 26.7 Å². The van der Waals surface area contributed by atoms with Crippen molar-refractivity contribution in [2.24, 2.45) is 0 Å². The van der Waals surface area contributed by atoms with E-state index >= 15 is 0 Å². The smallest absolute Gasteiger partial charge is 0.385 e. The van der Waals surface area contributed by atoms with Gasteiger partial charge in [0.25, 0.3) is 0 Å². The Bertz CT molecular complexity index is 329. The minimum Gasteiger partial charge on any atom is -1.00 e. The van der Waals surface area contributed by atoms with Crippen LogP contribution in [-0.4, -0.2) is 13.1 Å². The van der Waals surface area contributed by atoms with E-state index in [0.29, 0.717) is 5.69 Å². The van der Waals surface area contributed by atoms with Gasteiger partial charge in [-0.3, -0.25) is 0 Å². The van der Waals surface area contributed by atoms with Crippen molar-refractivity contribution >= 4 is 11.4 Å². The summed E-state index contributed by atoms with van der Waals surface area (Å²) in [5.41, 5.74) is 1.80. The van der Waals surface area contributed by atoms with Crippen molar-refractivity contribution in [3.8, 4) is 0 Å². The first-order valence-electron chi connectivity index (χ1n) is 5.52. The number of rotatable bonds is 5. The second kappa shape index (κ2) is 10.5. The fourth-order valence-electron chi connectivity index (χ4n) is 1.64. The third kappa shape index (κ3) is 6.00. The molecule has 0 radical (unpaired) electrons. The minimum absolute atomic E-state index is 0. The molecule has 1 rings (SSSR count). The fraction of sp³-hybridized carbons (Fsp3) is 0.500. The Balaban J connectivity index is 0. The first kappa shape index (κ1) is 18.7. The van der Waals surface area contributed by atoms with Crippen LogP contribution in [0.15, 0.2) is 24.3 Å². The molecule has 0 fully saturated rings. The molecule has 0 atom stereocenters. The Morgan fingerprint density at radius 1 is 1.06 bits per heavy atom. The summed E-state index contributed by atoms with van der Waals surface area (Å²) in [6, 6.07) is 7.65. The molecule has 0 aliphatic rings. The second-order valence-electron chi connectivity index (χ2n) is 3.60. The molecule has 0 heterocycles. The Morgan fingerprint density at radius 3 is 1.88 bits per heavy atom. The van der Waals surface area contributed by atoms with Crippen molar-refractivity contribution in [2.75, 3.05) is 18.0 Å². The summed E-state index contributed by atoms with van der Waals surface area (Å²) in [6.45, 7) is 6.51. The first-order valence-corrected chi connectivity index (χ1v) is 5.52. The predicted octanol–water partition coefficient (Wildman–Crippen LogP) is 0.799. The molecule has 17 heavy (non-hydrogen) atoms. The van der Waals surface area contributed by atoms with Crippen LogP contribution in [0.2, 0.25) is 0 Å². The number of nitrogens with zero attached hydrogens (tertiary/aromatic N) is 3. The van der Waals surface area contributed by atoms with Crippen LogP contribution in [0.5, 0.6) is 0 Å². The molecule has 0 aromatic heterocycles. The van der Waals surface area contributed by atoms with E-state index < -0.39 is 0 Å². The average molecular weight is 305 g/mol. The van der Waals surface area contributed by atoms with Crippen molar-refractivity contribution in [1.82, 2.24) is 0 Å². The molecule has 0 bridgehead atoms. The number of diazo groups is 1. The van der Waals surface area contributed by atoms with Crippen molar-refractivity contribution in [3.05, 3.63) is 29.2 Å². The monoisotopic (exact) mass is 303 g/mol. The van der Waals surface area contributed by atoms with Gasteiger partial charge in [-0.25, -0.2) is 0 Å². The molecule has 90 valence electrons. The van der Waals surface area contributed by atoms with E-state index in [2.05, 4.69) is 23.7 Å². The van der Waals surface area contributed by atoms with Crippen LogP contribution in [0.3, 0.4) is 0 Å². The summed E-state index contributed by atoms with van der Waals surface area (Å²) in [4.78, 5) is 5.49. The Kier molecular flexibility index (Phi) is 11.6. The summed E-state index contributed by atoms with van der Waals surface area (Å²) in [5, 5.41) is 8.59. The van der Waals surface area contributed by atoms with Crippen LogP contribution < -0.4 is 17.3 Å². The molecule has 0 N–H and O–H groups in total. The van der Waals surface area contributed by atoms with Crippen molar-refractivity contribution in [1.29, 1.82) is 5.39 Å². The zero-order valence-corrected chi connectivity index (χ0v) is 14.3. The van der Waals surface area contributed by atoms with Gasteiger partial charge in [0.1, 0.15) is 0 Å². The van der Waals surface area contributed by atoms with Crippen LogP contribution in [0.25, 0.3) is 4.98 Å². The average Bonchev–Trinajstić information content (AvgIpc) is 2.29. The zero-order valence-electron chi connectivity index (χ0n) is 10.6. The van der Waals surface area contributed by atoms with Gasteiger partial charge in [-0.05, 0) is 25.0 Å². The SMILES string of the molecule is CCCN(CCC)c1ccc([N+]#N)cc1.[Cl-].[Zn]. The van der Waals surface area contributed by atoms with Crippen molar-refractivity contribution in [2.45, 2.75) is 26.7 Å². The first-order chi connectivity index (χ1) is 7.31. The maximum atomic E-state index is 8.59. The molecule has 3 nitrogen and oxygen atoms in total. The van der Waals surface area contributed by atoms with E-state index in [9.17, 15) is 0 Å². The third-order valence-electron chi connectivity index (χ3n) is 2.32. The number of benzene rings is 1. The fourth-order valence-corrected chi connectivity index (χ4v) is 1.64. The van der Waals surface area contributed by atoms with Crippen LogP contribution in [0, 0.1) is 5.39 Å². The molecule has 0 spiro atoms. The standard InChI is InChI=1S/C12H18N3.ClH.Zn/c1-3-9-15(10-4-2)12-7-5-11(14-13)6-8-12;;/h5-8H,3-4,9-10H2,1-2H3;1H;/q+1;;/p-1. The Hall–Kier alpha value is -0.647. The van der Waals surface area contributed by atoms with E-state index in [1.54, 1.807) is 0 Å². The van der Waals surface area contributed by atoms with Crippen molar-refractivity contribution in [3.63, 3.8) is 0 Å². The summed E-state index contributed by atoms with van der Waals surface area (Å²) < 4.78 is 0. The molecule has 5 heteroatoms. The molecule has 0 amide bonds. The van der Waals surface area contributed by atoms with Gasteiger partial charge in [0.2, 0.25) is 5.39 Å². The minimum atomic E-state index is 0. The Labute approximate surface area is 122 Å². The summed E-state index contributed by atoms with van der Waals surface area (Å²) in [6.07, 6.45) is 2.29. The van der Waals surface area contributed by atoms with E-state index in [0.717, 1.165) is 25.9 Å². The molecular weight excluding hydrogens is 287 g/mol. The molecule has 0 saturated heterocycles. The van der Waals surface area contributed by atoms with Gasteiger partial charge in [-0.15, -0.1) is 0 Å². The predicted molar refractivity (Wildman–Crippen MR) is 64.0 cm³/mol. The zero-order chi connectivity index (χ0) is 11.1. The van der Waals surface area contributed by atoms with E-state index in [1.165, 1.54) is 5.69 Å². The van der Waals surface area contributed by atoms with Gasteiger partial charge in [-0.2, -0.15) is 0 Å². The van der Waals surface area contributed by atoms with E-state index in [4.69, 9.17) is 5.39 Å². The summed E-state index contributed by atoms with van der Waals surface area (Å²) in [7, 11) is 0. The van der Waals surface area contributed by atoms with Crippen LogP contribution in [0.4, 0.5) is 11.4 Å².